The van der Waals surface area contributed by atoms with E-state index in [-0.39, 0.29) is 24.3 Å². The first kappa shape index (κ1) is 14.7. The fourth-order valence-electron chi connectivity index (χ4n) is 1.54. The number of amides is 1. The number of hydrogen-bond acceptors (Lipinski definition) is 5. The molecule has 0 aliphatic carbocycles. The maximum Gasteiger partial charge on any atom is 0.323 e. The molecule has 0 radical (unpaired) electrons. The van der Waals surface area contributed by atoms with E-state index in [9.17, 15) is 19.5 Å². The molecule has 0 saturated carbocycles. The number of nitrogens with zero attached hydrogens (tertiary/aromatic N) is 1. The van der Waals surface area contributed by atoms with E-state index in [2.05, 4.69) is 5.32 Å². The summed E-state index contributed by atoms with van der Waals surface area (Å²) in [6.45, 7) is 1.32. The summed E-state index contributed by atoms with van der Waals surface area (Å²) in [5.74, 6) is -2.63. The minimum absolute atomic E-state index is 0.197. The predicted molar refractivity (Wildman–Crippen MR) is 66.1 cm³/mol. The molecule has 1 heterocycles. The molecule has 1 amide bonds. The lowest BCUT2D eigenvalue weighted by atomic mass is 10.2. The Kier molecular flexibility index (Phi) is 4.65. The van der Waals surface area contributed by atoms with Crippen LogP contribution in [0.15, 0.2) is 10.9 Å². The topological polar surface area (TPSA) is 135 Å². The van der Waals surface area contributed by atoms with E-state index in [1.807, 2.05) is 0 Å². The van der Waals surface area contributed by atoms with Gasteiger partial charge in [0.25, 0.3) is 11.5 Å². The SMILES string of the molecule is Cc1cc(C(=O)NCCN)c(O)c(=O)n1CC(=O)O. The summed E-state index contributed by atoms with van der Waals surface area (Å²) in [4.78, 5) is 34.1. The number of carbonyl (C=O) groups excluding carboxylic acids is 1. The number of carboxylic acids is 1. The smallest absolute Gasteiger partial charge is 0.323 e. The van der Waals surface area contributed by atoms with Crippen molar-refractivity contribution in [1.29, 1.82) is 0 Å². The number of hydrogen-bond donors (Lipinski definition) is 4. The van der Waals surface area contributed by atoms with Crippen LogP contribution < -0.4 is 16.6 Å². The lowest BCUT2D eigenvalue weighted by molar-refractivity contribution is -0.137. The van der Waals surface area contributed by atoms with Crippen molar-refractivity contribution in [2.45, 2.75) is 13.5 Å². The molecule has 1 aromatic heterocycles. The van der Waals surface area contributed by atoms with E-state index in [0.29, 0.717) is 0 Å². The van der Waals surface area contributed by atoms with Gasteiger partial charge in [0.15, 0.2) is 5.75 Å². The van der Waals surface area contributed by atoms with Crippen LogP contribution in [0.1, 0.15) is 16.1 Å². The van der Waals surface area contributed by atoms with Crippen molar-refractivity contribution in [3.8, 4) is 5.75 Å². The molecule has 5 N–H and O–H groups in total. The summed E-state index contributed by atoms with van der Waals surface area (Å²) >= 11 is 0. The van der Waals surface area contributed by atoms with Crippen molar-refractivity contribution in [2.24, 2.45) is 5.73 Å². The Balaban J connectivity index is 3.21. The summed E-state index contributed by atoms with van der Waals surface area (Å²) in [5.41, 5.74) is 4.38. The highest BCUT2D eigenvalue weighted by Gasteiger charge is 2.18. The van der Waals surface area contributed by atoms with Crippen molar-refractivity contribution in [3.63, 3.8) is 0 Å². The quantitative estimate of drug-likeness (QED) is 0.521. The second kappa shape index (κ2) is 6.01. The molecule has 0 aliphatic heterocycles. The van der Waals surface area contributed by atoms with E-state index < -0.39 is 29.7 Å². The lowest BCUT2D eigenvalue weighted by Gasteiger charge is -2.11. The number of aliphatic carboxylic acids is 1. The molecular weight excluding hydrogens is 254 g/mol. The number of carboxylic acid groups (broad SMARTS) is 1. The van der Waals surface area contributed by atoms with Gasteiger partial charge in [0.1, 0.15) is 6.54 Å². The number of nitrogens with one attached hydrogen (secondary N) is 1. The minimum atomic E-state index is -1.22. The number of aromatic nitrogens is 1. The predicted octanol–water partition coefficient (Wildman–Crippen LogP) is -1.36. The monoisotopic (exact) mass is 269 g/mol. The molecule has 0 unspecified atom stereocenters. The van der Waals surface area contributed by atoms with Gasteiger partial charge in [-0.1, -0.05) is 0 Å². The first-order valence-corrected chi connectivity index (χ1v) is 5.52. The Hall–Kier alpha value is -2.35. The van der Waals surface area contributed by atoms with Gasteiger partial charge in [-0.25, -0.2) is 0 Å². The summed E-state index contributed by atoms with van der Waals surface area (Å²) in [5, 5.41) is 20.7. The molecule has 1 rings (SSSR count). The largest absolute Gasteiger partial charge is 0.502 e. The lowest BCUT2D eigenvalue weighted by Crippen LogP contribution is -2.32. The average Bonchev–Trinajstić information content (AvgIpc) is 2.35. The van der Waals surface area contributed by atoms with E-state index in [0.717, 1.165) is 4.57 Å². The summed E-state index contributed by atoms with van der Waals surface area (Å²) in [7, 11) is 0. The van der Waals surface area contributed by atoms with Gasteiger partial charge < -0.3 is 21.3 Å². The first-order chi connectivity index (χ1) is 8.88. The third-order valence-corrected chi connectivity index (χ3v) is 2.45. The Morgan fingerprint density at radius 1 is 1.47 bits per heavy atom. The van der Waals surface area contributed by atoms with Crippen molar-refractivity contribution >= 4 is 11.9 Å². The molecule has 0 saturated heterocycles. The van der Waals surface area contributed by atoms with Gasteiger partial charge in [0, 0.05) is 18.8 Å². The van der Waals surface area contributed by atoms with Crippen LogP contribution in [0.25, 0.3) is 0 Å². The van der Waals surface area contributed by atoms with Crippen molar-refractivity contribution in [3.05, 3.63) is 27.7 Å². The van der Waals surface area contributed by atoms with Crippen LogP contribution in [-0.4, -0.2) is 39.7 Å². The van der Waals surface area contributed by atoms with Gasteiger partial charge in [-0.05, 0) is 13.0 Å². The van der Waals surface area contributed by atoms with E-state index in [1.165, 1.54) is 13.0 Å². The molecule has 0 atom stereocenters. The number of pyridine rings is 1. The number of rotatable bonds is 5. The zero-order chi connectivity index (χ0) is 14.6. The van der Waals surface area contributed by atoms with Gasteiger partial charge in [-0.3, -0.25) is 19.0 Å². The Morgan fingerprint density at radius 3 is 2.63 bits per heavy atom. The fraction of sp³-hybridized carbons (Fsp3) is 0.364. The first-order valence-electron chi connectivity index (χ1n) is 5.52. The summed E-state index contributed by atoms with van der Waals surface area (Å²) in [6.07, 6.45) is 0. The molecular formula is C11H15N3O5. The van der Waals surface area contributed by atoms with Gasteiger partial charge in [0.05, 0.1) is 5.56 Å². The third kappa shape index (κ3) is 3.32. The molecule has 19 heavy (non-hydrogen) atoms. The molecule has 0 aromatic carbocycles. The number of nitrogens with two attached hydrogens (primary N) is 1. The highest BCUT2D eigenvalue weighted by Crippen LogP contribution is 2.13. The van der Waals surface area contributed by atoms with Gasteiger partial charge in [-0.2, -0.15) is 0 Å². The highest BCUT2D eigenvalue weighted by molar-refractivity contribution is 5.96. The van der Waals surface area contributed by atoms with E-state index in [1.54, 1.807) is 0 Å². The van der Waals surface area contributed by atoms with Crippen LogP contribution >= 0.6 is 0 Å². The van der Waals surface area contributed by atoms with Crippen molar-refractivity contribution in [2.75, 3.05) is 13.1 Å². The Bertz CT molecular complexity index is 564. The molecule has 8 heteroatoms. The number of aromatic hydroxyl groups is 1. The van der Waals surface area contributed by atoms with Crippen LogP contribution in [0.2, 0.25) is 0 Å². The van der Waals surface area contributed by atoms with Crippen LogP contribution in [0.5, 0.6) is 5.75 Å². The van der Waals surface area contributed by atoms with Crippen LogP contribution in [0.3, 0.4) is 0 Å². The molecule has 1 aromatic rings. The molecule has 0 spiro atoms. The molecule has 8 nitrogen and oxygen atoms in total. The fourth-order valence-corrected chi connectivity index (χ4v) is 1.54. The van der Waals surface area contributed by atoms with Gasteiger partial charge >= 0.3 is 5.97 Å². The van der Waals surface area contributed by atoms with E-state index >= 15 is 0 Å². The second-order valence-corrected chi connectivity index (χ2v) is 3.88. The normalized spacial score (nSPS) is 10.2. The zero-order valence-electron chi connectivity index (χ0n) is 10.3. The molecule has 104 valence electrons. The molecule has 0 bridgehead atoms. The van der Waals surface area contributed by atoms with Crippen molar-refractivity contribution < 1.29 is 19.8 Å². The summed E-state index contributed by atoms with van der Waals surface area (Å²) in [6, 6.07) is 1.26. The maximum atomic E-state index is 11.8. The number of carbonyl (C=O) groups is 2. The number of aryl methyl sites for hydroxylation is 1. The second-order valence-electron chi connectivity index (χ2n) is 3.88. The minimum Gasteiger partial charge on any atom is -0.502 e. The Labute approximate surface area is 108 Å². The van der Waals surface area contributed by atoms with Gasteiger partial charge in [0.2, 0.25) is 0 Å². The average molecular weight is 269 g/mol. The third-order valence-electron chi connectivity index (χ3n) is 2.45. The van der Waals surface area contributed by atoms with Crippen LogP contribution in [0, 0.1) is 6.92 Å². The highest BCUT2D eigenvalue weighted by atomic mass is 16.4. The van der Waals surface area contributed by atoms with E-state index in [4.69, 9.17) is 10.8 Å². The summed E-state index contributed by atoms with van der Waals surface area (Å²) < 4.78 is 0.872. The van der Waals surface area contributed by atoms with Gasteiger partial charge in [-0.15, -0.1) is 0 Å². The van der Waals surface area contributed by atoms with Crippen LogP contribution in [-0.2, 0) is 11.3 Å². The standard InChI is InChI=1S/C11H15N3O5/c1-6-4-7(10(18)13-3-2-12)9(17)11(19)14(6)5-8(15)16/h4,17H,2-3,5,12H2,1H3,(H,13,18)(H,15,16). The molecule has 0 aliphatic rings. The van der Waals surface area contributed by atoms with Crippen LogP contribution in [0.4, 0.5) is 0 Å². The molecule has 0 fully saturated rings. The van der Waals surface area contributed by atoms with Crippen molar-refractivity contribution in [1.82, 2.24) is 9.88 Å². The zero-order valence-corrected chi connectivity index (χ0v) is 10.3. The maximum absolute atomic E-state index is 11.8. The Morgan fingerprint density at radius 2 is 2.11 bits per heavy atom.